The lowest BCUT2D eigenvalue weighted by molar-refractivity contribution is -0.140. The first kappa shape index (κ1) is 17.6. The molecule has 0 unspecified atom stereocenters. The van der Waals surface area contributed by atoms with Gasteiger partial charge in [0.25, 0.3) is 12.0 Å². The number of anilines is 2. The summed E-state index contributed by atoms with van der Waals surface area (Å²) in [6.45, 7) is 1.26. The zero-order valence-electron chi connectivity index (χ0n) is 12.6. The van der Waals surface area contributed by atoms with Crippen molar-refractivity contribution in [3.05, 3.63) is 33.2 Å². The molecule has 136 valence electrons. The van der Waals surface area contributed by atoms with Gasteiger partial charge in [0.05, 0.1) is 0 Å². The van der Waals surface area contributed by atoms with Crippen LogP contribution < -0.4 is 15.4 Å². The third-order valence-electron chi connectivity index (χ3n) is 3.60. The fourth-order valence-electron chi connectivity index (χ4n) is 2.37. The van der Waals surface area contributed by atoms with E-state index >= 15 is 0 Å². The summed E-state index contributed by atoms with van der Waals surface area (Å²) >= 11 is 0.892. The number of rotatable bonds is 3. The van der Waals surface area contributed by atoms with Gasteiger partial charge in [0.15, 0.2) is 10.8 Å². The molecule has 0 radical (unpaired) electrons. The molecule has 0 amide bonds. The van der Waals surface area contributed by atoms with Gasteiger partial charge in [-0.2, -0.15) is 13.2 Å². The average molecular weight is 381 g/mol. The van der Waals surface area contributed by atoms with Gasteiger partial charge in [-0.1, -0.05) is 0 Å². The second-order valence-corrected chi connectivity index (χ2v) is 6.12. The third-order valence-corrected chi connectivity index (χ3v) is 4.51. The molecule has 1 fully saturated rings. The molecule has 12 heteroatoms. The van der Waals surface area contributed by atoms with Crippen molar-refractivity contribution in [1.82, 2.24) is 15.0 Å². The second kappa shape index (κ2) is 6.58. The summed E-state index contributed by atoms with van der Waals surface area (Å²) in [5.74, 6) is 0.0255. The maximum absolute atomic E-state index is 12.7. The first-order valence-corrected chi connectivity index (χ1v) is 8.04. The van der Waals surface area contributed by atoms with Gasteiger partial charge in [-0.25, -0.2) is 18.7 Å². The lowest BCUT2D eigenvalue weighted by atomic mass is 10.3. The molecule has 0 spiro atoms. The highest BCUT2D eigenvalue weighted by Crippen LogP contribution is 2.33. The van der Waals surface area contributed by atoms with Gasteiger partial charge in [0.2, 0.25) is 5.95 Å². The fraction of sp³-hybridized carbons (Fsp3) is 0.462. The first-order chi connectivity index (χ1) is 11.7. The summed E-state index contributed by atoms with van der Waals surface area (Å²) in [4.78, 5) is 24.4. The van der Waals surface area contributed by atoms with E-state index in [1.54, 1.807) is 9.80 Å². The summed E-state index contributed by atoms with van der Waals surface area (Å²) in [5, 5.41) is 1.20. The van der Waals surface area contributed by atoms with Crippen LogP contribution in [-0.4, -0.2) is 41.1 Å². The monoisotopic (exact) mass is 381 g/mol. The molecule has 0 bridgehead atoms. The molecular weight excluding hydrogens is 369 g/mol. The molecule has 0 atom stereocenters. The van der Waals surface area contributed by atoms with Crippen molar-refractivity contribution in [2.75, 3.05) is 36.0 Å². The summed E-state index contributed by atoms with van der Waals surface area (Å²) < 4.78 is 63.3. The number of nitrogens with zero attached hydrogens (tertiary/aromatic N) is 4. The van der Waals surface area contributed by atoms with Gasteiger partial charge < -0.3 is 9.80 Å². The Morgan fingerprint density at radius 1 is 1.12 bits per heavy atom. The quantitative estimate of drug-likeness (QED) is 0.828. The average Bonchev–Trinajstić information content (AvgIpc) is 3.04. The fourth-order valence-corrected chi connectivity index (χ4v) is 3.26. The van der Waals surface area contributed by atoms with Crippen LogP contribution in [0.25, 0.3) is 0 Å². The molecule has 25 heavy (non-hydrogen) atoms. The molecule has 0 aromatic carbocycles. The Morgan fingerprint density at radius 2 is 1.76 bits per heavy atom. The molecule has 1 aliphatic heterocycles. The van der Waals surface area contributed by atoms with Gasteiger partial charge in [0, 0.05) is 37.6 Å². The van der Waals surface area contributed by atoms with Crippen molar-refractivity contribution < 1.29 is 22.0 Å². The second-order valence-electron chi connectivity index (χ2n) is 5.28. The smallest absolute Gasteiger partial charge is 0.345 e. The molecule has 6 nitrogen and oxygen atoms in total. The number of hydrogen-bond acceptors (Lipinski definition) is 6. The van der Waals surface area contributed by atoms with Crippen LogP contribution in [0.2, 0.25) is 0 Å². The van der Waals surface area contributed by atoms with E-state index in [0.29, 0.717) is 26.2 Å². The summed E-state index contributed by atoms with van der Waals surface area (Å²) in [6.07, 6.45) is -7.35. The Kier molecular flexibility index (Phi) is 4.62. The van der Waals surface area contributed by atoms with Crippen LogP contribution >= 0.6 is 11.3 Å². The SMILES string of the molecule is O=c1cc(C(F)F)nc(N2CCN(c3nc(C(F)(F)F)cs3)CC2)[nH]1. The molecule has 1 aliphatic rings. The lowest BCUT2D eigenvalue weighted by Crippen LogP contribution is -2.47. The zero-order valence-corrected chi connectivity index (χ0v) is 13.4. The van der Waals surface area contributed by atoms with Crippen LogP contribution in [0.15, 0.2) is 16.2 Å². The van der Waals surface area contributed by atoms with Crippen LogP contribution in [0.1, 0.15) is 17.8 Å². The molecule has 1 saturated heterocycles. The normalized spacial score (nSPS) is 15.9. The van der Waals surface area contributed by atoms with Crippen molar-refractivity contribution >= 4 is 22.4 Å². The van der Waals surface area contributed by atoms with E-state index in [-0.39, 0.29) is 11.1 Å². The number of alkyl halides is 5. The number of nitrogens with one attached hydrogen (secondary N) is 1. The summed E-state index contributed by atoms with van der Waals surface area (Å²) in [6, 6.07) is 0.735. The number of thiazole rings is 1. The molecule has 1 N–H and O–H groups in total. The van der Waals surface area contributed by atoms with E-state index in [9.17, 15) is 26.7 Å². The van der Waals surface area contributed by atoms with E-state index in [1.807, 2.05) is 0 Å². The van der Waals surface area contributed by atoms with E-state index in [4.69, 9.17) is 0 Å². The Balaban J connectivity index is 1.70. The van der Waals surface area contributed by atoms with E-state index in [0.717, 1.165) is 22.8 Å². The number of aromatic nitrogens is 3. The van der Waals surface area contributed by atoms with Crippen molar-refractivity contribution in [2.24, 2.45) is 0 Å². The van der Waals surface area contributed by atoms with Crippen LogP contribution in [0.5, 0.6) is 0 Å². The van der Waals surface area contributed by atoms with Crippen LogP contribution in [-0.2, 0) is 6.18 Å². The Bertz CT molecular complexity index is 797. The largest absolute Gasteiger partial charge is 0.434 e. The Labute approximate surface area is 141 Å². The Morgan fingerprint density at radius 3 is 2.32 bits per heavy atom. The summed E-state index contributed by atoms with van der Waals surface area (Å²) in [7, 11) is 0. The number of H-pyrrole nitrogens is 1. The van der Waals surface area contributed by atoms with Crippen LogP contribution in [0, 0.1) is 0 Å². The minimum Gasteiger partial charge on any atom is -0.345 e. The van der Waals surface area contributed by atoms with Gasteiger partial charge in [-0.05, 0) is 0 Å². The van der Waals surface area contributed by atoms with E-state index in [2.05, 4.69) is 15.0 Å². The highest BCUT2D eigenvalue weighted by atomic mass is 32.1. The minimum absolute atomic E-state index is 0.0255. The number of aromatic amines is 1. The van der Waals surface area contributed by atoms with Crippen molar-refractivity contribution in [1.29, 1.82) is 0 Å². The zero-order chi connectivity index (χ0) is 18.2. The van der Waals surface area contributed by atoms with Crippen LogP contribution in [0.3, 0.4) is 0 Å². The highest BCUT2D eigenvalue weighted by molar-refractivity contribution is 7.13. The van der Waals surface area contributed by atoms with Gasteiger partial charge in [-0.3, -0.25) is 9.78 Å². The molecule has 0 aliphatic carbocycles. The predicted molar refractivity (Wildman–Crippen MR) is 81.4 cm³/mol. The van der Waals surface area contributed by atoms with E-state index in [1.165, 1.54) is 0 Å². The number of hydrogen-bond donors (Lipinski definition) is 1. The Hall–Kier alpha value is -2.24. The molecule has 0 saturated carbocycles. The maximum atomic E-state index is 12.7. The van der Waals surface area contributed by atoms with Gasteiger partial charge >= 0.3 is 6.18 Å². The highest BCUT2D eigenvalue weighted by Gasteiger charge is 2.34. The topological polar surface area (TPSA) is 65.1 Å². The van der Waals surface area contributed by atoms with E-state index < -0.39 is 29.5 Å². The number of halogens is 5. The molecular formula is C13H12F5N5OS. The standard InChI is InChI=1S/C13H12F5N5OS/c14-10(15)7-5-9(24)21-11(19-7)22-1-3-23(4-2-22)12-20-8(6-25-12)13(16,17)18/h5-6,10H,1-4H2,(H,19,21,24). The van der Waals surface area contributed by atoms with Crippen molar-refractivity contribution in [3.8, 4) is 0 Å². The predicted octanol–water partition coefficient (Wildman–Crippen LogP) is 2.51. The number of piperazine rings is 1. The lowest BCUT2D eigenvalue weighted by Gasteiger charge is -2.34. The summed E-state index contributed by atoms with van der Waals surface area (Å²) in [5.41, 5.74) is -2.24. The van der Waals surface area contributed by atoms with Crippen LogP contribution in [0.4, 0.5) is 33.0 Å². The first-order valence-electron chi connectivity index (χ1n) is 7.16. The minimum atomic E-state index is -4.49. The molecule has 3 heterocycles. The van der Waals surface area contributed by atoms with Crippen molar-refractivity contribution in [2.45, 2.75) is 12.6 Å². The third kappa shape index (κ3) is 3.89. The molecule has 2 aromatic rings. The van der Waals surface area contributed by atoms with Gasteiger partial charge in [0.1, 0.15) is 5.69 Å². The maximum Gasteiger partial charge on any atom is 0.434 e. The van der Waals surface area contributed by atoms with Crippen molar-refractivity contribution in [3.63, 3.8) is 0 Å². The molecule has 3 rings (SSSR count). The van der Waals surface area contributed by atoms with Gasteiger partial charge in [-0.15, -0.1) is 11.3 Å². The molecule has 2 aromatic heterocycles.